The number of fused-ring (bicyclic) bond motifs is 1. The summed E-state index contributed by atoms with van der Waals surface area (Å²) in [4.78, 5) is 25.1. The van der Waals surface area contributed by atoms with Crippen molar-refractivity contribution in [1.82, 2.24) is 4.57 Å². The van der Waals surface area contributed by atoms with Crippen molar-refractivity contribution < 1.29 is 17.9 Å². The third-order valence-electron chi connectivity index (χ3n) is 5.39. The van der Waals surface area contributed by atoms with Crippen molar-refractivity contribution >= 4 is 60.5 Å². The van der Waals surface area contributed by atoms with E-state index >= 15 is 0 Å². The molecule has 11 heteroatoms. The smallest absolute Gasteiger partial charge is 0.308 e. The number of rotatable bonds is 9. The molecule has 0 radical (unpaired) electrons. The summed E-state index contributed by atoms with van der Waals surface area (Å²) in [5, 5.41) is 3.15. The van der Waals surface area contributed by atoms with Gasteiger partial charge in [0.1, 0.15) is 12.3 Å². The summed E-state index contributed by atoms with van der Waals surface area (Å²) in [6.07, 6.45) is 0. The minimum atomic E-state index is -4.09. The van der Waals surface area contributed by atoms with Gasteiger partial charge in [0.05, 0.1) is 27.4 Å². The van der Waals surface area contributed by atoms with Gasteiger partial charge in [-0.25, -0.2) is 8.42 Å². The molecule has 0 atom stereocenters. The lowest BCUT2D eigenvalue weighted by atomic mass is 10.3. The van der Waals surface area contributed by atoms with E-state index in [9.17, 15) is 18.0 Å². The molecule has 0 aliphatic carbocycles. The Morgan fingerprint density at radius 1 is 1.06 bits per heavy atom. The average Bonchev–Trinajstić information content (AvgIpc) is 3.17. The van der Waals surface area contributed by atoms with Crippen molar-refractivity contribution in [3.63, 3.8) is 0 Å². The lowest BCUT2D eigenvalue weighted by Gasteiger charge is -2.24. The first-order chi connectivity index (χ1) is 17.2. The van der Waals surface area contributed by atoms with E-state index in [1.807, 2.05) is 13.8 Å². The van der Waals surface area contributed by atoms with Crippen molar-refractivity contribution in [2.75, 3.05) is 22.8 Å². The SMILES string of the molecule is CCOc1ccc(N(CC(=O)Nc2ccc3c(c2)sc(=O)n3CC)S(=O)(=O)c2ccc(Cl)cc2)cc1. The molecule has 3 aromatic carbocycles. The number of carbonyl (C=O) groups is 1. The van der Waals surface area contributed by atoms with Gasteiger partial charge >= 0.3 is 4.87 Å². The topological polar surface area (TPSA) is 97.7 Å². The molecule has 1 aromatic heterocycles. The Hall–Kier alpha value is -3.34. The number of thiazole rings is 1. The predicted octanol–water partition coefficient (Wildman–Crippen LogP) is 4.97. The maximum Gasteiger partial charge on any atom is 0.308 e. The fourth-order valence-corrected chi connectivity index (χ4v) is 6.24. The van der Waals surface area contributed by atoms with E-state index < -0.39 is 22.5 Å². The van der Waals surface area contributed by atoms with Gasteiger partial charge in [0.25, 0.3) is 10.0 Å². The Morgan fingerprint density at radius 2 is 1.75 bits per heavy atom. The lowest BCUT2D eigenvalue weighted by Crippen LogP contribution is -2.38. The average molecular weight is 546 g/mol. The van der Waals surface area contributed by atoms with Crippen molar-refractivity contribution in [3.8, 4) is 5.75 Å². The number of amides is 1. The monoisotopic (exact) mass is 545 g/mol. The molecule has 4 rings (SSSR count). The molecular weight excluding hydrogens is 522 g/mol. The molecule has 1 amide bonds. The van der Waals surface area contributed by atoms with Crippen molar-refractivity contribution in [2.24, 2.45) is 0 Å². The fourth-order valence-electron chi connectivity index (χ4n) is 3.70. The fraction of sp³-hybridized carbons (Fsp3) is 0.200. The molecule has 36 heavy (non-hydrogen) atoms. The van der Waals surface area contributed by atoms with Crippen LogP contribution in [0.4, 0.5) is 11.4 Å². The highest BCUT2D eigenvalue weighted by Gasteiger charge is 2.27. The molecule has 0 unspecified atom stereocenters. The van der Waals surface area contributed by atoms with Crippen LogP contribution in [0.1, 0.15) is 13.8 Å². The van der Waals surface area contributed by atoms with Gasteiger partial charge in [-0.05, 0) is 80.6 Å². The largest absolute Gasteiger partial charge is 0.494 e. The first-order valence-corrected chi connectivity index (χ1v) is 13.8. The van der Waals surface area contributed by atoms with Gasteiger partial charge in [-0.3, -0.25) is 18.5 Å². The molecule has 4 aromatic rings. The number of ether oxygens (including phenoxy) is 1. The summed E-state index contributed by atoms with van der Waals surface area (Å²) < 4.78 is 35.9. The second-order valence-corrected chi connectivity index (χ2v) is 11.0. The third kappa shape index (κ3) is 5.40. The molecule has 0 aliphatic heterocycles. The first-order valence-electron chi connectivity index (χ1n) is 11.2. The van der Waals surface area contributed by atoms with Gasteiger partial charge in [0.15, 0.2) is 0 Å². The molecule has 8 nitrogen and oxygen atoms in total. The van der Waals surface area contributed by atoms with Gasteiger partial charge in [-0.2, -0.15) is 0 Å². The number of carbonyl (C=O) groups excluding carboxylic acids is 1. The third-order valence-corrected chi connectivity index (χ3v) is 8.37. The van der Waals surface area contributed by atoms with E-state index in [1.54, 1.807) is 47.0 Å². The summed E-state index contributed by atoms with van der Waals surface area (Å²) in [6, 6.07) is 17.4. The van der Waals surface area contributed by atoms with Crippen molar-refractivity contribution in [1.29, 1.82) is 0 Å². The Bertz CT molecular complexity index is 1550. The quantitative estimate of drug-likeness (QED) is 0.320. The van der Waals surface area contributed by atoms with Gasteiger partial charge in [-0.1, -0.05) is 22.9 Å². The maximum absolute atomic E-state index is 13.5. The van der Waals surface area contributed by atoms with Crippen molar-refractivity contribution in [3.05, 3.63) is 81.4 Å². The zero-order chi connectivity index (χ0) is 25.9. The van der Waals surface area contributed by atoms with Gasteiger partial charge < -0.3 is 10.1 Å². The summed E-state index contributed by atoms with van der Waals surface area (Å²) in [5.74, 6) is 0.0453. The van der Waals surface area contributed by atoms with Crippen LogP contribution in [0.5, 0.6) is 5.75 Å². The Balaban J connectivity index is 1.64. The normalized spacial score (nSPS) is 11.4. The number of sulfonamides is 1. The van der Waals surface area contributed by atoms with E-state index in [4.69, 9.17) is 16.3 Å². The van der Waals surface area contributed by atoms with E-state index in [1.165, 1.54) is 24.3 Å². The summed E-state index contributed by atoms with van der Waals surface area (Å²) in [6.45, 7) is 4.28. The van der Waals surface area contributed by atoms with Crippen LogP contribution in [0.2, 0.25) is 5.02 Å². The van der Waals surface area contributed by atoms with Crippen LogP contribution in [0.3, 0.4) is 0 Å². The van der Waals surface area contributed by atoms with E-state index in [-0.39, 0.29) is 9.77 Å². The second-order valence-electron chi connectivity index (χ2n) is 7.74. The van der Waals surface area contributed by atoms with Crippen molar-refractivity contribution in [2.45, 2.75) is 25.3 Å². The molecule has 1 N–H and O–H groups in total. The molecule has 1 heterocycles. The molecule has 0 saturated heterocycles. The first kappa shape index (κ1) is 25.7. The molecule has 188 valence electrons. The Labute approximate surface area is 217 Å². The summed E-state index contributed by atoms with van der Waals surface area (Å²) >= 11 is 7.03. The predicted molar refractivity (Wildman–Crippen MR) is 144 cm³/mol. The van der Waals surface area contributed by atoms with Crippen LogP contribution >= 0.6 is 22.9 Å². The van der Waals surface area contributed by atoms with E-state index in [0.29, 0.717) is 35.3 Å². The highest BCUT2D eigenvalue weighted by molar-refractivity contribution is 7.92. The van der Waals surface area contributed by atoms with Gasteiger partial charge in [0.2, 0.25) is 5.91 Å². The number of nitrogens with zero attached hydrogens (tertiary/aromatic N) is 2. The zero-order valence-electron chi connectivity index (χ0n) is 19.6. The van der Waals surface area contributed by atoms with Crippen LogP contribution in [-0.2, 0) is 21.4 Å². The summed E-state index contributed by atoms with van der Waals surface area (Å²) in [5.41, 5.74) is 1.55. The molecule has 0 spiro atoms. The highest BCUT2D eigenvalue weighted by Crippen LogP contribution is 2.27. The molecule has 0 saturated carbocycles. The number of aryl methyl sites for hydroxylation is 1. The van der Waals surface area contributed by atoms with Crippen LogP contribution in [-0.4, -0.2) is 32.0 Å². The standard InChI is InChI=1S/C25H24ClN3O5S2/c1-3-28-22-14-7-18(15-23(22)35-25(28)31)27-24(30)16-29(19-8-10-20(11-9-19)34-4-2)36(32,33)21-12-5-17(26)6-13-21/h5-15H,3-4,16H2,1-2H3,(H,27,30). The number of anilines is 2. The minimum Gasteiger partial charge on any atom is -0.494 e. The van der Waals surface area contributed by atoms with Gasteiger partial charge in [0, 0.05) is 17.3 Å². The zero-order valence-corrected chi connectivity index (χ0v) is 22.0. The summed E-state index contributed by atoms with van der Waals surface area (Å²) in [7, 11) is -4.09. The van der Waals surface area contributed by atoms with Crippen LogP contribution in [0.25, 0.3) is 10.2 Å². The van der Waals surface area contributed by atoms with Crippen LogP contribution in [0.15, 0.2) is 76.4 Å². The molecule has 0 fully saturated rings. The Kier molecular flexibility index (Phi) is 7.67. The molecule has 0 aliphatic rings. The Morgan fingerprint density at radius 3 is 2.39 bits per heavy atom. The second kappa shape index (κ2) is 10.7. The number of halogens is 1. The number of benzene rings is 3. The highest BCUT2D eigenvalue weighted by atomic mass is 35.5. The number of hydrogen-bond donors (Lipinski definition) is 1. The van der Waals surface area contributed by atoms with Crippen LogP contribution in [0, 0.1) is 0 Å². The molecular formula is C25H24ClN3O5S2. The molecule has 0 bridgehead atoms. The van der Waals surface area contributed by atoms with Crippen LogP contribution < -0.4 is 19.2 Å². The number of nitrogens with one attached hydrogen (secondary N) is 1. The van der Waals surface area contributed by atoms with Gasteiger partial charge in [-0.15, -0.1) is 0 Å². The number of hydrogen-bond acceptors (Lipinski definition) is 6. The van der Waals surface area contributed by atoms with E-state index in [2.05, 4.69) is 5.32 Å². The number of aromatic nitrogens is 1. The minimum absolute atomic E-state index is 0.000634. The van der Waals surface area contributed by atoms with E-state index in [0.717, 1.165) is 25.9 Å². The lowest BCUT2D eigenvalue weighted by molar-refractivity contribution is -0.114. The maximum atomic E-state index is 13.5.